The fourth-order valence-electron chi connectivity index (χ4n) is 8.99. The molecule has 0 radical (unpaired) electrons. The molecule has 2 heteroatoms. The van der Waals surface area contributed by atoms with E-state index in [4.69, 9.17) is 9.97 Å². The number of nitrogens with zero attached hydrogens (tertiary/aromatic N) is 2. The molecule has 11 rings (SSSR count). The predicted octanol–water partition coefficient (Wildman–Crippen LogP) is 14.3. The lowest BCUT2D eigenvalue weighted by atomic mass is 9.85. The van der Waals surface area contributed by atoms with Crippen molar-refractivity contribution in [3.05, 3.63) is 216 Å². The SMILES string of the molecule is C1=C(c2ccc(-c3cc(-c4ccccc4)nc(-c4ccccc4)n3)cc2)CCC(c2cc3c(c4ccccc24)Cc2cccc(-c4ccc5ccccc5c4)c2-3)=C1. The van der Waals surface area contributed by atoms with Gasteiger partial charge in [-0.15, -0.1) is 0 Å². The van der Waals surface area contributed by atoms with Crippen molar-refractivity contribution in [3.63, 3.8) is 0 Å². The van der Waals surface area contributed by atoms with E-state index < -0.39 is 0 Å². The lowest BCUT2D eigenvalue weighted by Gasteiger charge is -2.19. The molecule has 0 spiro atoms. The van der Waals surface area contributed by atoms with Crippen molar-refractivity contribution in [3.8, 4) is 56.2 Å². The minimum Gasteiger partial charge on any atom is -0.228 e. The van der Waals surface area contributed by atoms with E-state index >= 15 is 0 Å². The minimum atomic E-state index is 0.733. The molecule has 1 aromatic heterocycles. The van der Waals surface area contributed by atoms with E-state index in [0.717, 1.165) is 53.2 Å². The largest absolute Gasteiger partial charge is 0.228 e. The summed E-state index contributed by atoms with van der Waals surface area (Å²) in [6.07, 6.45) is 7.65. The van der Waals surface area contributed by atoms with Crippen LogP contribution in [-0.2, 0) is 6.42 Å². The Morgan fingerprint density at radius 1 is 0.368 bits per heavy atom. The summed E-state index contributed by atoms with van der Waals surface area (Å²) in [7, 11) is 0. The first-order valence-corrected chi connectivity index (χ1v) is 19.9. The van der Waals surface area contributed by atoms with Crippen LogP contribution in [0.15, 0.2) is 194 Å². The molecule has 268 valence electrons. The zero-order chi connectivity index (χ0) is 37.7. The van der Waals surface area contributed by atoms with Gasteiger partial charge in [-0.1, -0.05) is 176 Å². The Bertz CT molecular complexity index is 3010. The van der Waals surface area contributed by atoms with E-state index in [1.54, 1.807) is 0 Å². The van der Waals surface area contributed by atoms with Crippen molar-refractivity contribution in [2.24, 2.45) is 0 Å². The quantitative estimate of drug-likeness (QED) is 0.170. The van der Waals surface area contributed by atoms with E-state index in [0.29, 0.717) is 0 Å². The van der Waals surface area contributed by atoms with Crippen LogP contribution in [0.25, 0.3) is 88.8 Å². The van der Waals surface area contributed by atoms with E-state index in [9.17, 15) is 0 Å². The summed E-state index contributed by atoms with van der Waals surface area (Å²) >= 11 is 0. The Labute approximate surface area is 333 Å². The molecule has 0 bridgehead atoms. The Kier molecular flexibility index (Phi) is 8.07. The molecular formula is C55H38N2. The number of allylic oxidation sites excluding steroid dienone is 4. The van der Waals surface area contributed by atoms with Gasteiger partial charge >= 0.3 is 0 Å². The first kappa shape index (κ1) is 33.2. The summed E-state index contributed by atoms with van der Waals surface area (Å²) in [5, 5.41) is 5.26. The van der Waals surface area contributed by atoms with Gasteiger partial charge in [0.05, 0.1) is 11.4 Å². The second-order valence-corrected chi connectivity index (χ2v) is 15.2. The van der Waals surface area contributed by atoms with Crippen LogP contribution in [0, 0.1) is 0 Å². The smallest absolute Gasteiger partial charge is 0.160 e. The third-order valence-corrected chi connectivity index (χ3v) is 11.9. The van der Waals surface area contributed by atoms with Crippen LogP contribution >= 0.6 is 0 Å². The lowest BCUT2D eigenvalue weighted by molar-refractivity contribution is 1.07. The van der Waals surface area contributed by atoms with Gasteiger partial charge in [-0.25, -0.2) is 9.97 Å². The van der Waals surface area contributed by atoms with Crippen LogP contribution in [0.4, 0.5) is 0 Å². The maximum Gasteiger partial charge on any atom is 0.160 e. The normalized spacial score (nSPS) is 13.3. The third kappa shape index (κ3) is 5.98. The monoisotopic (exact) mass is 726 g/mol. The van der Waals surface area contributed by atoms with Gasteiger partial charge in [0, 0.05) is 16.7 Å². The molecule has 0 N–H and O–H groups in total. The second-order valence-electron chi connectivity index (χ2n) is 15.2. The molecule has 0 atom stereocenters. The van der Waals surface area contributed by atoms with E-state index in [2.05, 4.69) is 170 Å². The Morgan fingerprint density at radius 2 is 0.982 bits per heavy atom. The predicted molar refractivity (Wildman–Crippen MR) is 239 cm³/mol. The zero-order valence-corrected chi connectivity index (χ0v) is 31.5. The van der Waals surface area contributed by atoms with Gasteiger partial charge in [0.1, 0.15) is 0 Å². The van der Waals surface area contributed by atoms with Crippen molar-refractivity contribution in [2.45, 2.75) is 19.3 Å². The molecule has 1 heterocycles. The standard InChI is InChI=1S/C55H38N2/c1-3-13-40(14-4-1)52-35-53(57-55(56-52)42-15-5-2-6-16-42)41-29-24-38(25-30-41)37-22-27-39(28-23-37)49-34-51-50(48-20-10-9-19-47(48)49)33-45-18-11-21-46(54(45)51)44-31-26-36-12-7-8-17-43(36)32-44/h1-22,24-27,29-32,34-35H,23,28,33H2. The summed E-state index contributed by atoms with van der Waals surface area (Å²) in [6, 6.07) is 65.6. The van der Waals surface area contributed by atoms with Crippen molar-refractivity contribution >= 4 is 32.7 Å². The average Bonchev–Trinajstić information content (AvgIpc) is 3.68. The molecule has 2 aliphatic carbocycles. The van der Waals surface area contributed by atoms with E-state index in [1.165, 1.54) is 77.2 Å². The Hall–Kier alpha value is -7.16. The summed E-state index contributed by atoms with van der Waals surface area (Å²) in [5.41, 5.74) is 18.6. The molecule has 0 saturated carbocycles. The Balaban J connectivity index is 0.944. The Morgan fingerprint density at radius 3 is 1.74 bits per heavy atom. The number of fused-ring (bicyclic) bond motifs is 6. The molecule has 0 saturated heterocycles. The molecule has 0 fully saturated rings. The topological polar surface area (TPSA) is 25.8 Å². The number of hydrogen-bond acceptors (Lipinski definition) is 2. The fraction of sp³-hybridized carbons (Fsp3) is 0.0545. The van der Waals surface area contributed by atoms with Crippen molar-refractivity contribution in [2.75, 3.05) is 0 Å². The molecular weight excluding hydrogens is 689 g/mol. The highest BCUT2D eigenvalue weighted by molar-refractivity contribution is 6.05. The van der Waals surface area contributed by atoms with Gasteiger partial charge in [-0.05, 0) is 115 Å². The molecule has 57 heavy (non-hydrogen) atoms. The van der Waals surface area contributed by atoms with Crippen molar-refractivity contribution < 1.29 is 0 Å². The minimum absolute atomic E-state index is 0.733. The highest BCUT2D eigenvalue weighted by atomic mass is 14.9. The number of rotatable bonds is 6. The van der Waals surface area contributed by atoms with Crippen LogP contribution in [0.3, 0.4) is 0 Å². The molecule has 0 unspecified atom stereocenters. The molecule has 2 nitrogen and oxygen atoms in total. The lowest BCUT2D eigenvalue weighted by Crippen LogP contribution is -1.97. The summed E-state index contributed by atoms with van der Waals surface area (Å²) in [5.74, 6) is 0.733. The van der Waals surface area contributed by atoms with Crippen LogP contribution in [-0.4, -0.2) is 9.97 Å². The summed E-state index contributed by atoms with van der Waals surface area (Å²) < 4.78 is 0. The maximum absolute atomic E-state index is 5.05. The van der Waals surface area contributed by atoms with Gasteiger partial charge in [0.2, 0.25) is 0 Å². The average molecular weight is 727 g/mol. The van der Waals surface area contributed by atoms with Crippen LogP contribution < -0.4 is 0 Å². The molecule has 9 aromatic rings. The number of hydrogen-bond donors (Lipinski definition) is 0. The van der Waals surface area contributed by atoms with E-state index in [1.807, 2.05) is 24.3 Å². The maximum atomic E-state index is 5.05. The van der Waals surface area contributed by atoms with Crippen LogP contribution in [0.5, 0.6) is 0 Å². The van der Waals surface area contributed by atoms with Gasteiger partial charge in [0.15, 0.2) is 5.82 Å². The van der Waals surface area contributed by atoms with Gasteiger partial charge in [-0.3, -0.25) is 0 Å². The number of aromatic nitrogens is 2. The fourth-order valence-corrected chi connectivity index (χ4v) is 8.99. The summed E-state index contributed by atoms with van der Waals surface area (Å²) in [4.78, 5) is 10.0. The molecule has 2 aliphatic rings. The highest BCUT2D eigenvalue weighted by Gasteiger charge is 2.26. The van der Waals surface area contributed by atoms with Gasteiger partial charge in [-0.2, -0.15) is 0 Å². The molecule has 0 amide bonds. The molecule has 8 aromatic carbocycles. The second kappa shape index (κ2) is 13.8. The zero-order valence-electron chi connectivity index (χ0n) is 31.5. The van der Waals surface area contributed by atoms with Gasteiger partial charge in [0.25, 0.3) is 0 Å². The van der Waals surface area contributed by atoms with E-state index in [-0.39, 0.29) is 0 Å². The third-order valence-electron chi connectivity index (χ3n) is 11.9. The molecule has 0 aliphatic heterocycles. The first-order valence-electron chi connectivity index (χ1n) is 19.9. The highest BCUT2D eigenvalue weighted by Crippen LogP contribution is 2.48. The first-order chi connectivity index (χ1) is 28.2. The van der Waals surface area contributed by atoms with Crippen LogP contribution in [0.2, 0.25) is 0 Å². The summed E-state index contributed by atoms with van der Waals surface area (Å²) in [6.45, 7) is 0. The van der Waals surface area contributed by atoms with Crippen molar-refractivity contribution in [1.82, 2.24) is 9.97 Å². The number of benzene rings is 8. The van der Waals surface area contributed by atoms with Crippen molar-refractivity contribution in [1.29, 1.82) is 0 Å². The van der Waals surface area contributed by atoms with Crippen LogP contribution in [0.1, 0.15) is 35.1 Å². The van der Waals surface area contributed by atoms with Gasteiger partial charge < -0.3 is 0 Å².